The molecule has 0 radical (unpaired) electrons. The van der Waals surface area contributed by atoms with Gasteiger partial charge in [-0.25, -0.2) is 0 Å². The zero-order valence-corrected chi connectivity index (χ0v) is 11.5. The Hall–Kier alpha value is -1.22. The average molecular weight is 236 g/mol. The molecule has 3 heteroatoms. The Morgan fingerprint density at radius 3 is 1.82 bits per heavy atom. The van der Waals surface area contributed by atoms with Gasteiger partial charge in [0.2, 0.25) is 0 Å². The van der Waals surface area contributed by atoms with Gasteiger partial charge in [0.25, 0.3) is 0 Å². The van der Waals surface area contributed by atoms with Crippen molar-refractivity contribution in [1.82, 2.24) is 4.90 Å². The van der Waals surface area contributed by atoms with E-state index in [4.69, 9.17) is 10.5 Å². The molecule has 1 aromatic rings. The third-order valence-electron chi connectivity index (χ3n) is 2.80. The predicted octanol–water partition coefficient (Wildman–Crippen LogP) is 3.11. The number of nitrogen functional groups attached to an aromatic ring is 1. The molecule has 1 atom stereocenters. The molecule has 0 aromatic heterocycles. The molecule has 1 aromatic carbocycles. The molecule has 0 aliphatic rings. The topological polar surface area (TPSA) is 38.5 Å². The summed E-state index contributed by atoms with van der Waals surface area (Å²) in [4.78, 5) is 2.33. The molecule has 3 nitrogen and oxygen atoms in total. The van der Waals surface area contributed by atoms with Gasteiger partial charge in [0, 0.05) is 17.8 Å². The molecule has 0 heterocycles. The van der Waals surface area contributed by atoms with Crippen molar-refractivity contribution in [2.75, 3.05) is 5.73 Å². The fraction of sp³-hybridized carbons (Fsp3) is 0.571. The highest BCUT2D eigenvalue weighted by Crippen LogP contribution is 2.18. The second kappa shape index (κ2) is 5.92. The standard InChI is InChI=1S/C14H24N2O/c1-10(2)16(11(3)4)12(5)17-14-8-6-13(15)7-9-14/h6-12H,15H2,1-5H3. The first-order valence-corrected chi connectivity index (χ1v) is 6.21. The first-order valence-electron chi connectivity index (χ1n) is 6.21. The van der Waals surface area contributed by atoms with E-state index in [1.807, 2.05) is 24.3 Å². The Kier molecular flexibility index (Phi) is 4.82. The van der Waals surface area contributed by atoms with E-state index in [0.717, 1.165) is 11.4 Å². The van der Waals surface area contributed by atoms with Gasteiger partial charge in [0.1, 0.15) is 12.0 Å². The summed E-state index contributed by atoms with van der Waals surface area (Å²) < 4.78 is 5.92. The lowest BCUT2D eigenvalue weighted by atomic mass is 10.2. The van der Waals surface area contributed by atoms with E-state index < -0.39 is 0 Å². The smallest absolute Gasteiger partial charge is 0.150 e. The number of hydrogen-bond acceptors (Lipinski definition) is 3. The van der Waals surface area contributed by atoms with Crippen molar-refractivity contribution in [3.63, 3.8) is 0 Å². The Morgan fingerprint density at radius 2 is 1.41 bits per heavy atom. The van der Waals surface area contributed by atoms with Crippen LogP contribution in [0.2, 0.25) is 0 Å². The van der Waals surface area contributed by atoms with Crippen LogP contribution in [0.3, 0.4) is 0 Å². The third-order valence-corrected chi connectivity index (χ3v) is 2.80. The van der Waals surface area contributed by atoms with Crippen molar-refractivity contribution < 1.29 is 4.74 Å². The first kappa shape index (κ1) is 13.8. The summed E-state index contributed by atoms with van der Waals surface area (Å²) in [5.41, 5.74) is 6.41. The second-order valence-corrected chi connectivity index (χ2v) is 4.92. The number of rotatable bonds is 5. The summed E-state index contributed by atoms with van der Waals surface area (Å²) in [5, 5.41) is 0. The average Bonchev–Trinajstić information content (AvgIpc) is 2.20. The fourth-order valence-electron chi connectivity index (χ4n) is 2.24. The lowest BCUT2D eigenvalue weighted by molar-refractivity contribution is -0.00559. The highest BCUT2D eigenvalue weighted by molar-refractivity contribution is 5.41. The SMILES string of the molecule is CC(C)N(C(C)C)C(C)Oc1ccc(N)cc1. The molecule has 1 rings (SSSR count). The largest absolute Gasteiger partial charge is 0.475 e. The highest BCUT2D eigenvalue weighted by atomic mass is 16.5. The minimum Gasteiger partial charge on any atom is -0.475 e. The number of hydrogen-bond donors (Lipinski definition) is 1. The highest BCUT2D eigenvalue weighted by Gasteiger charge is 2.21. The van der Waals surface area contributed by atoms with E-state index in [1.165, 1.54) is 0 Å². The first-order chi connectivity index (χ1) is 7.91. The van der Waals surface area contributed by atoms with E-state index in [1.54, 1.807) is 0 Å². The second-order valence-electron chi connectivity index (χ2n) is 4.92. The molecule has 96 valence electrons. The van der Waals surface area contributed by atoms with E-state index in [-0.39, 0.29) is 6.23 Å². The monoisotopic (exact) mass is 236 g/mol. The molecular weight excluding hydrogens is 212 g/mol. The van der Waals surface area contributed by atoms with Crippen LogP contribution in [0.4, 0.5) is 5.69 Å². The van der Waals surface area contributed by atoms with Crippen molar-refractivity contribution in [3.8, 4) is 5.75 Å². The molecular formula is C14H24N2O. The Balaban J connectivity index is 2.69. The molecule has 0 fully saturated rings. The molecule has 0 saturated heterocycles. The summed E-state index contributed by atoms with van der Waals surface area (Å²) in [7, 11) is 0. The maximum Gasteiger partial charge on any atom is 0.150 e. The Morgan fingerprint density at radius 1 is 0.941 bits per heavy atom. The summed E-state index contributed by atoms with van der Waals surface area (Å²) in [6, 6.07) is 8.45. The number of anilines is 1. The molecule has 0 spiro atoms. The maximum absolute atomic E-state index is 5.92. The van der Waals surface area contributed by atoms with Crippen LogP contribution in [0.1, 0.15) is 34.6 Å². The zero-order valence-electron chi connectivity index (χ0n) is 11.5. The van der Waals surface area contributed by atoms with Crippen LogP contribution in [0.25, 0.3) is 0 Å². The van der Waals surface area contributed by atoms with Crippen LogP contribution in [-0.2, 0) is 0 Å². The van der Waals surface area contributed by atoms with Gasteiger partial charge in [-0.15, -0.1) is 0 Å². The normalized spacial score (nSPS) is 13.4. The summed E-state index contributed by atoms with van der Waals surface area (Å²) in [6.45, 7) is 10.8. The number of nitrogens with two attached hydrogens (primary N) is 1. The minimum absolute atomic E-state index is 0.0543. The third kappa shape index (κ3) is 3.93. The van der Waals surface area contributed by atoms with Crippen LogP contribution < -0.4 is 10.5 Å². The van der Waals surface area contributed by atoms with Crippen molar-refractivity contribution in [2.45, 2.75) is 52.9 Å². The molecule has 0 amide bonds. The van der Waals surface area contributed by atoms with Crippen LogP contribution >= 0.6 is 0 Å². The molecule has 1 unspecified atom stereocenters. The van der Waals surface area contributed by atoms with Crippen molar-refractivity contribution >= 4 is 5.69 Å². The number of benzene rings is 1. The van der Waals surface area contributed by atoms with Crippen LogP contribution in [0.15, 0.2) is 24.3 Å². The molecule has 0 aliphatic heterocycles. The van der Waals surface area contributed by atoms with Gasteiger partial charge in [-0.1, -0.05) is 0 Å². The van der Waals surface area contributed by atoms with Crippen LogP contribution in [0.5, 0.6) is 5.75 Å². The quantitative estimate of drug-likeness (QED) is 0.630. The summed E-state index contributed by atoms with van der Waals surface area (Å²) in [5.74, 6) is 0.859. The van der Waals surface area contributed by atoms with Gasteiger partial charge in [-0.3, -0.25) is 4.90 Å². The van der Waals surface area contributed by atoms with Gasteiger partial charge >= 0.3 is 0 Å². The maximum atomic E-state index is 5.92. The van der Waals surface area contributed by atoms with Crippen LogP contribution in [-0.4, -0.2) is 23.2 Å². The van der Waals surface area contributed by atoms with Crippen LogP contribution in [0, 0.1) is 0 Å². The lowest BCUT2D eigenvalue weighted by Gasteiger charge is -2.35. The molecule has 0 aliphatic carbocycles. The van der Waals surface area contributed by atoms with Crippen molar-refractivity contribution in [1.29, 1.82) is 0 Å². The van der Waals surface area contributed by atoms with Crippen molar-refractivity contribution in [2.24, 2.45) is 0 Å². The minimum atomic E-state index is 0.0543. The van der Waals surface area contributed by atoms with Crippen molar-refractivity contribution in [3.05, 3.63) is 24.3 Å². The summed E-state index contributed by atoms with van der Waals surface area (Å²) in [6.07, 6.45) is 0.0543. The van der Waals surface area contributed by atoms with Gasteiger partial charge in [-0.05, 0) is 58.9 Å². The summed E-state index contributed by atoms with van der Waals surface area (Å²) >= 11 is 0. The van der Waals surface area contributed by atoms with Gasteiger partial charge < -0.3 is 10.5 Å². The van der Waals surface area contributed by atoms with E-state index >= 15 is 0 Å². The molecule has 0 bridgehead atoms. The predicted molar refractivity (Wildman–Crippen MR) is 73.1 cm³/mol. The Labute approximate surface area is 105 Å². The van der Waals surface area contributed by atoms with Gasteiger partial charge in [-0.2, -0.15) is 0 Å². The number of nitrogens with zero attached hydrogens (tertiary/aromatic N) is 1. The fourth-order valence-corrected chi connectivity index (χ4v) is 2.24. The van der Waals surface area contributed by atoms with E-state index in [9.17, 15) is 0 Å². The number of ether oxygens (including phenoxy) is 1. The van der Waals surface area contributed by atoms with Gasteiger partial charge in [0.05, 0.1) is 0 Å². The Bertz CT molecular complexity index is 325. The molecule has 17 heavy (non-hydrogen) atoms. The van der Waals surface area contributed by atoms with E-state index in [2.05, 4.69) is 39.5 Å². The van der Waals surface area contributed by atoms with Gasteiger partial charge in [0.15, 0.2) is 0 Å². The lowest BCUT2D eigenvalue weighted by Crippen LogP contribution is -2.46. The van der Waals surface area contributed by atoms with E-state index in [0.29, 0.717) is 12.1 Å². The zero-order chi connectivity index (χ0) is 13.0. The molecule has 2 N–H and O–H groups in total. The molecule has 0 saturated carbocycles.